The Labute approximate surface area is 132 Å². The summed E-state index contributed by atoms with van der Waals surface area (Å²) < 4.78 is 32.2. The van der Waals surface area contributed by atoms with Gasteiger partial charge in [0, 0.05) is 14.2 Å². The molecule has 0 bridgehead atoms. The summed E-state index contributed by atoms with van der Waals surface area (Å²) in [5.74, 6) is 1.10. The minimum Gasteiger partial charge on any atom is -0.461 e. The number of methoxy groups -OCH3 is 2. The zero-order valence-corrected chi connectivity index (χ0v) is 14.4. The Kier molecular flexibility index (Phi) is 8.95. The molecule has 0 aromatic carbocycles. The Morgan fingerprint density at radius 3 is 1.58 bits per heavy atom. The van der Waals surface area contributed by atoms with Crippen molar-refractivity contribution in [1.82, 2.24) is 0 Å². The minimum atomic E-state index is 0.0604. The third-order valence-corrected chi connectivity index (χ3v) is 4.14. The molecule has 0 saturated heterocycles. The number of halogens is 2. The van der Waals surface area contributed by atoms with Crippen molar-refractivity contribution in [2.45, 2.75) is 0 Å². The van der Waals surface area contributed by atoms with Gasteiger partial charge in [-0.2, -0.15) is 0 Å². The quantitative estimate of drug-likeness (QED) is 0.427. The predicted octanol–water partition coefficient (Wildman–Crippen LogP) is 3.19. The highest BCUT2D eigenvalue weighted by Gasteiger charge is 2.18. The Hall–Kier alpha value is 0.1000. The molecule has 0 radical (unpaired) electrons. The van der Waals surface area contributed by atoms with Crippen molar-refractivity contribution in [1.29, 1.82) is 0 Å². The second-order valence-corrected chi connectivity index (χ2v) is 6.71. The predicted molar refractivity (Wildman–Crippen MR) is 76.6 cm³/mol. The molecule has 0 fully saturated rings. The Morgan fingerprint density at radius 2 is 1.21 bits per heavy atom. The highest BCUT2D eigenvalue weighted by atomic mass is 79.9. The molecule has 0 amide bonds. The molecule has 0 atom stereocenters. The van der Waals surface area contributed by atoms with E-state index in [0.29, 0.717) is 11.5 Å². The molecule has 110 valence electrons. The summed E-state index contributed by atoms with van der Waals surface area (Å²) in [7, 11) is 3.08. The maximum absolute atomic E-state index is 5.47. The Balaban J connectivity index is 2.52. The van der Waals surface area contributed by atoms with Crippen molar-refractivity contribution < 1.29 is 28.4 Å². The summed E-state index contributed by atoms with van der Waals surface area (Å²) in [6, 6.07) is 0. The zero-order valence-electron chi connectivity index (χ0n) is 10.4. The molecule has 9 heteroatoms. The van der Waals surface area contributed by atoms with Crippen molar-refractivity contribution >= 4 is 43.2 Å². The number of thiophene rings is 1. The van der Waals surface area contributed by atoms with Gasteiger partial charge in [-0.25, -0.2) is 0 Å². The van der Waals surface area contributed by atoms with Crippen LogP contribution >= 0.6 is 43.2 Å². The second-order valence-electron chi connectivity index (χ2n) is 3.05. The molecule has 1 aromatic heterocycles. The lowest BCUT2D eigenvalue weighted by atomic mass is 10.5. The maximum atomic E-state index is 5.47. The first-order valence-electron chi connectivity index (χ1n) is 5.07. The maximum Gasteiger partial charge on any atom is 0.191 e. The number of rotatable bonds is 10. The molecule has 0 N–H and O–H groups in total. The van der Waals surface area contributed by atoms with Crippen LogP contribution in [0, 0.1) is 0 Å². The first-order valence-corrected chi connectivity index (χ1v) is 7.47. The van der Waals surface area contributed by atoms with Crippen molar-refractivity contribution in [3.05, 3.63) is 7.57 Å². The summed E-state index contributed by atoms with van der Waals surface area (Å²) in [4.78, 5) is 0. The van der Waals surface area contributed by atoms with E-state index in [0.717, 1.165) is 7.57 Å². The van der Waals surface area contributed by atoms with Crippen molar-refractivity contribution in [2.75, 3.05) is 41.4 Å². The van der Waals surface area contributed by atoms with E-state index in [1.165, 1.54) is 11.3 Å². The second kappa shape index (κ2) is 9.92. The van der Waals surface area contributed by atoms with E-state index in [4.69, 9.17) is 28.4 Å². The molecule has 0 aliphatic rings. The van der Waals surface area contributed by atoms with Crippen molar-refractivity contribution in [3.63, 3.8) is 0 Å². The van der Waals surface area contributed by atoms with Crippen molar-refractivity contribution in [3.8, 4) is 11.5 Å². The van der Waals surface area contributed by atoms with Gasteiger partial charge in [0.05, 0.1) is 0 Å². The van der Waals surface area contributed by atoms with Gasteiger partial charge in [0.15, 0.2) is 25.1 Å². The smallest absolute Gasteiger partial charge is 0.191 e. The van der Waals surface area contributed by atoms with E-state index in [1.807, 2.05) is 0 Å². The monoisotopic (exact) mass is 420 g/mol. The summed E-state index contributed by atoms with van der Waals surface area (Å²) >= 11 is 8.22. The van der Waals surface area contributed by atoms with Crippen molar-refractivity contribution in [2.24, 2.45) is 0 Å². The fourth-order valence-electron chi connectivity index (χ4n) is 1.03. The fourth-order valence-corrected chi connectivity index (χ4v) is 3.89. The number of hydrogen-bond donors (Lipinski definition) is 0. The lowest BCUT2D eigenvalue weighted by Crippen LogP contribution is -2.08. The summed E-state index contributed by atoms with van der Waals surface area (Å²) in [6.45, 7) is 0.446. The molecule has 0 spiro atoms. The average molecular weight is 422 g/mol. The molecule has 1 rings (SSSR count). The van der Waals surface area contributed by atoms with Crippen LogP contribution in [0.25, 0.3) is 0 Å². The highest BCUT2D eigenvalue weighted by Crippen LogP contribution is 2.48. The normalized spacial score (nSPS) is 10.7. The van der Waals surface area contributed by atoms with Gasteiger partial charge < -0.3 is 28.4 Å². The van der Waals surface area contributed by atoms with Crippen LogP contribution in [0.1, 0.15) is 0 Å². The molecule has 0 unspecified atom stereocenters. The molecule has 6 nitrogen and oxygen atoms in total. The molecule has 1 aromatic rings. The van der Waals surface area contributed by atoms with Crippen LogP contribution in [0.15, 0.2) is 7.57 Å². The van der Waals surface area contributed by atoms with Gasteiger partial charge in [-0.1, -0.05) is 0 Å². The van der Waals surface area contributed by atoms with E-state index in [-0.39, 0.29) is 27.2 Å². The van der Waals surface area contributed by atoms with E-state index >= 15 is 0 Å². The van der Waals surface area contributed by atoms with Crippen LogP contribution in [0.4, 0.5) is 0 Å². The van der Waals surface area contributed by atoms with Crippen LogP contribution in [0.3, 0.4) is 0 Å². The topological polar surface area (TPSA) is 55.4 Å². The van der Waals surface area contributed by atoms with Gasteiger partial charge in [0.2, 0.25) is 0 Å². The van der Waals surface area contributed by atoms with Gasteiger partial charge in [0.1, 0.15) is 21.2 Å². The van der Waals surface area contributed by atoms with E-state index in [9.17, 15) is 0 Å². The first-order chi connectivity index (χ1) is 9.20. The summed E-state index contributed by atoms with van der Waals surface area (Å²) in [5, 5.41) is 0. The number of hydrogen-bond acceptors (Lipinski definition) is 7. The van der Waals surface area contributed by atoms with Crippen LogP contribution in [-0.2, 0) is 18.9 Å². The molecule has 0 aliphatic heterocycles. The lowest BCUT2D eigenvalue weighted by Gasteiger charge is -2.10. The fraction of sp³-hybridized carbons (Fsp3) is 0.600. The third-order valence-electron chi connectivity index (χ3n) is 1.72. The zero-order chi connectivity index (χ0) is 14.1. The standard InChI is InChI=1S/C10H14Br2O6S/c1-13-3-15-5-17-7-8(10(12)19-9(7)11)18-6-16-4-14-2/h3-6H2,1-2H3. The van der Waals surface area contributed by atoms with Crippen LogP contribution in [0.5, 0.6) is 11.5 Å². The Morgan fingerprint density at radius 1 is 0.789 bits per heavy atom. The average Bonchev–Trinajstić information content (AvgIpc) is 2.65. The lowest BCUT2D eigenvalue weighted by molar-refractivity contribution is -0.0912. The molecule has 19 heavy (non-hydrogen) atoms. The van der Waals surface area contributed by atoms with Gasteiger partial charge in [-0.15, -0.1) is 11.3 Å². The molecular formula is C10H14Br2O6S. The van der Waals surface area contributed by atoms with E-state index in [2.05, 4.69) is 31.9 Å². The van der Waals surface area contributed by atoms with Gasteiger partial charge >= 0.3 is 0 Å². The number of ether oxygens (including phenoxy) is 6. The molecular weight excluding hydrogens is 408 g/mol. The van der Waals surface area contributed by atoms with Crippen LogP contribution in [-0.4, -0.2) is 41.4 Å². The van der Waals surface area contributed by atoms with Gasteiger partial charge in [-0.05, 0) is 31.9 Å². The largest absolute Gasteiger partial charge is 0.461 e. The summed E-state index contributed by atoms with van der Waals surface area (Å²) in [6.07, 6.45) is 0. The third kappa shape index (κ3) is 5.94. The van der Waals surface area contributed by atoms with E-state index < -0.39 is 0 Å². The van der Waals surface area contributed by atoms with Crippen LogP contribution < -0.4 is 9.47 Å². The molecule has 0 saturated carbocycles. The van der Waals surface area contributed by atoms with E-state index in [1.54, 1.807) is 14.2 Å². The van der Waals surface area contributed by atoms with Crippen LogP contribution in [0.2, 0.25) is 0 Å². The van der Waals surface area contributed by atoms with Gasteiger partial charge in [-0.3, -0.25) is 0 Å². The minimum absolute atomic E-state index is 0.0604. The Bertz CT molecular complexity index is 341. The van der Waals surface area contributed by atoms with Gasteiger partial charge in [0.25, 0.3) is 0 Å². The SMILES string of the molecule is COCOCOc1c(Br)sc(Br)c1OCOCOC. The molecule has 1 heterocycles. The highest BCUT2D eigenvalue weighted by molar-refractivity contribution is 9.12. The summed E-state index contributed by atoms with van der Waals surface area (Å²) in [5.41, 5.74) is 0. The molecule has 0 aliphatic carbocycles. The first kappa shape index (κ1) is 17.2.